The monoisotopic (exact) mass is 792 g/mol. The lowest BCUT2D eigenvalue weighted by molar-refractivity contribution is 0.672. The van der Waals surface area contributed by atoms with E-state index in [1.54, 1.807) is 29.5 Å². The number of hydrogen-bond acceptors (Lipinski definition) is 5. The van der Waals surface area contributed by atoms with Crippen molar-refractivity contribution in [2.45, 2.75) is 0 Å². The van der Waals surface area contributed by atoms with Crippen molar-refractivity contribution in [2.24, 2.45) is 0 Å². The summed E-state index contributed by atoms with van der Waals surface area (Å²) in [5.74, 6) is 1.20. The molecular formula is C55H33N3OS. The molecule has 0 aliphatic rings. The molecule has 0 unspecified atom stereocenters. The Labute approximate surface area is 362 Å². The minimum atomic E-state index is -0.554. The quantitative estimate of drug-likeness (QED) is 0.168. The molecule has 4 nitrogen and oxygen atoms in total. The van der Waals surface area contributed by atoms with Gasteiger partial charge in [0.2, 0.25) is 0 Å². The molecule has 0 fully saturated rings. The third-order valence-corrected chi connectivity index (χ3v) is 11.9. The molecule has 0 saturated carbocycles. The van der Waals surface area contributed by atoms with Crippen LogP contribution in [-0.2, 0) is 0 Å². The summed E-state index contributed by atoms with van der Waals surface area (Å²) in [4.78, 5) is 15.3. The average molecular weight is 793 g/mol. The van der Waals surface area contributed by atoms with Crippen LogP contribution in [0, 0.1) is 0 Å². The Kier molecular flexibility index (Phi) is 6.13. The number of aromatic nitrogens is 3. The lowest BCUT2D eigenvalue weighted by Gasteiger charge is -2.11. The highest BCUT2D eigenvalue weighted by atomic mass is 32.1. The van der Waals surface area contributed by atoms with E-state index in [2.05, 4.69) is 42.5 Å². The second kappa shape index (κ2) is 14.0. The van der Waals surface area contributed by atoms with E-state index in [0.29, 0.717) is 28.6 Å². The molecule has 9 aromatic carbocycles. The SMILES string of the molecule is [2H]c1c(-c2cccc(-c3nc(-c4cccc(-c5ccccc5)c4)nc(-c4ccc5c(c4)sc4cccc(-c6ccccc6)c45)n3)c2)c([2H])c2c(oc3c4c([2H])c([2H])c([2H])c([2H])c4c([2H])c([2H])c32)c1[2H]. The standard InChI is InChI=1S/C55H33N3OS/c1-3-12-34(13-4-1)37-17-9-19-40(30-37)53-56-54(58-55(57-53)42-25-28-46-50(33-42)60-49-23-11-22-43(51(46)49)35-14-5-2-6-15-35)41-20-10-18-38(31-41)39-26-29-48-47(32-39)45-27-24-36-16-7-8-21-44(36)52(45)59-48/h1-33H/i7D,8D,16D,21D,24D,26D,27D,29D,32D. The fourth-order valence-corrected chi connectivity index (χ4v) is 9.10. The van der Waals surface area contributed by atoms with E-state index in [1.165, 1.54) is 5.39 Å². The maximum absolute atomic E-state index is 9.59. The number of nitrogens with zero attached hydrogens (tertiary/aromatic N) is 3. The first kappa shape index (κ1) is 26.3. The third kappa shape index (κ3) is 5.86. The van der Waals surface area contributed by atoms with Crippen molar-refractivity contribution >= 4 is 64.2 Å². The predicted molar refractivity (Wildman–Crippen MR) is 250 cm³/mol. The van der Waals surface area contributed by atoms with E-state index < -0.39 is 36.3 Å². The summed E-state index contributed by atoms with van der Waals surface area (Å²) in [6.45, 7) is 0. The molecule has 0 saturated heterocycles. The fourth-order valence-electron chi connectivity index (χ4n) is 7.92. The van der Waals surface area contributed by atoms with Crippen LogP contribution in [0.1, 0.15) is 12.3 Å². The number of fused-ring (bicyclic) bond motifs is 8. The number of rotatable bonds is 6. The van der Waals surface area contributed by atoms with Crippen LogP contribution >= 0.6 is 11.3 Å². The Balaban J connectivity index is 1.04. The minimum Gasteiger partial charge on any atom is -0.455 e. The van der Waals surface area contributed by atoms with Crippen LogP contribution in [0.4, 0.5) is 0 Å². The first-order valence-corrected chi connectivity index (χ1v) is 20.2. The second-order valence-corrected chi connectivity index (χ2v) is 15.5. The highest BCUT2D eigenvalue weighted by Gasteiger charge is 2.18. The van der Waals surface area contributed by atoms with Crippen molar-refractivity contribution in [3.63, 3.8) is 0 Å². The van der Waals surface area contributed by atoms with Gasteiger partial charge in [0, 0.05) is 53.0 Å². The smallest absolute Gasteiger partial charge is 0.164 e. The highest BCUT2D eigenvalue weighted by molar-refractivity contribution is 7.26. The van der Waals surface area contributed by atoms with Crippen LogP contribution < -0.4 is 0 Å². The Morgan fingerprint density at radius 1 is 0.417 bits per heavy atom. The predicted octanol–water partition coefficient (Wildman–Crippen LogP) is 15.3. The van der Waals surface area contributed by atoms with Gasteiger partial charge < -0.3 is 4.42 Å². The van der Waals surface area contributed by atoms with Crippen molar-refractivity contribution < 1.29 is 16.8 Å². The van der Waals surface area contributed by atoms with Gasteiger partial charge >= 0.3 is 0 Å². The maximum atomic E-state index is 9.59. The van der Waals surface area contributed by atoms with Crippen molar-refractivity contribution in [3.05, 3.63) is 200 Å². The van der Waals surface area contributed by atoms with Crippen molar-refractivity contribution in [1.29, 1.82) is 0 Å². The van der Waals surface area contributed by atoms with E-state index in [-0.39, 0.29) is 56.4 Å². The molecule has 5 heteroatoms. The summed E-state index contributed by atoms with van der Waals surface area (Å²) in [6, 6.07) is 44.3. The van der Waals surface area contributed by atoms with Gasteiger partial charge in [0.15, 0.2) is 17.5 Å². The molecule has 0 bridgehead atoms. The number of thiophene rings is 1. The van der Waals surface area contributed by atoms with E-state index in [4.69, 9.17) is 29.0 Å². The number of hydrogen-bond donors (Lipinski definition) is 0. The van der Waals surface area contributed by atoms with E-state index in [1.807, 2.05) is 84.9 Å². The van der Waals surface area contributed by atoms with Gasteiger partial charge in [0.05, 0.1) is 12.3 Å². The molecule has 3 aromatic heterocycles. The summed E-state index contributed by atoms with van der Waals surface area (Å²) in [5.41, 5.74) is 6.54. The molecule has 0 amide bonds. The van der Waals surface area contributed by atoms with Crippen LogP contribution in [0.2, 0.25) is 0 Å². The molecule has 12 aromatic rings. The molecule has 3 heterocycles. The molecule has 280 valence electrons. The second-order valence-electron chi connectivity index (χ2n) is 14.5. The summed E-state index contributed by atoms with van der Waals surface area (Å²) in [5, 5.41) is 1.94. The van der Waals surface area contributed by atoms with Gasteiger partial charge in [0.1, 0.15) is 11.2 Å². The van der Waals surface area contributed by atoms with Gasteiger partial charge in [-0.1, -0.05) is 158 Å². The molecule has 0 N–H and O–H groups in total. The molecule has 0 aliphatic carbocycles. The summed E-state index contributed by atoms with van der Waals surface area (Å²) < 4.78 is 88.1. The Hall–Kier alpha value is -7.73. The molecule has 0 aliphatic heterocycles. The van der Waals surface area contributed by atoms with Crippen molar-refractivity contribution in [2.75, 3.05) is 0 Å². The van der Waals surface area contributed by atoms with Gasteiger partial charge in [-0.2, -0.15) is 0 Å². The zero-order valence-corrected chi connectivity index (χ0v) is 32.3. The average Bonchev–Trinajstić information content (AvgIpc) is 3.98. The van der Waals surface area contributed by atoms with Crippen LogP contribution in [0.15, 0.2) is 204 Å². The molecule has 0 spiro atoms. The van der Waals surface area contributed by atoms with Gasteiger partial charge in [-0.25, -0.2) is 15.0 Å². The molecule has 0 radical (unpaired) electrons. The van der Waals surface area contributed by atoms with Gasteiger partial charge in [-0.15, -0.1) is 11.3 Å². The normalized spacial score (nSPS) is 13.8. The molecule has 12 rings (SSSR count). The van der Waals surface area contributed by atoms with E-state index >= 15 is 0 Å². The largest absolute Gasteiger partial charge is 0.455 e. The first-order chi connectivity index (χ1) is 33.5. The Bertz CT molecular complexity index is 4140. The first-order valence-electron chi connectivity index (χ1n) is 23.9. The van der Waals surface area contributed by atoms with Gasteiger partial charge in [-0.3, -0.25) is 0 Å². The minimum absolute atomic E-state index is 0.00485. The van der Waals surface area contributed by atoms with Crippen molar-refractivity contribution in [1.82, 2.24) is 15.0 Å². The lowest BCUT2D eigenvalue weighted by Crippen LogP contribution is -2.00. The van der Waals surface area contributed by atoms with E-state index in [0.717, 1.165) is 48.2 Å². The fraction of sp³-hybridized carbons (Fsp3) is 0. The van der Waals surface area contributed by atoms with Crippen molar-refractivity contribution in [3.8, 4) is 67.5 Å². The summed E-state index contributed by atoms with van der Waals surface area (Å²) in [6.07, 6.45) is 0. The van der Waals surface area contributed by atoms with E-state index in [9.17, 15) is 2.74 Å². The van der Waals surface area contributed by atoms with Crippen LogP contribution in [0.3, 0.4) is 0 Å². The van der Waals surface area contributed by atoms with Gasteiger partial charge in [-0.05, 0) is 81.2 Å². The maximum Gasteiger partial charge on any atom is 0.164 e. The zero-order valence-electron chi connectivity index (χ0n) is 40.5. The topological polar surface area (TPSA) is 51.8 Å². The number of furan rings is 1. The van der Waals surface area contributed by atoms with Crippen LogP contribution in [-0.4, -0.2) is 15.0 Å². The molecule has 0 atom stereocenters. The molecule has 60 heavy (non-hydrogen) atoms. The number of benzene rings is 9. The summed E-state index contributed by atoms with van der Waals surface area (Å²) >= 11 is 1.71. The zero-order chi connectivity index (χ0) is 47.4. The Morgan fingerprint density at radius 2 is 1.05 bits per heavy atom. The highest BCUT2D eigenvalue weighted by Crippen LogP contribution is 2.42. The van der Waals surface area contributed by atoms with Crippen LogP contribution in [0.25, 0.3) is 120 Å². The molecular weight excluding hydrogens is 751 g/mol. The third-order valence-electron chi connectivity index (χ3n) is 10.8. The lowest BCUT2D eigenvalue weighted by atomic mass is 9.99. The van der Waals surface area contributed by atoms with Gasteiger partial charge in [0.25, 0.3) is 0 Å². The Morgan fingerprint density at radius 3 is 1.80 bits per heavy atom. The van der Waals surface area contributed by atoms with Crippen LogP contribution in [0.5, 0.6) is 0 Å². The summed E-state index contributed by atoms with van der Waals surface area (Å²) in [7, 11) is 0.